The Labute approximate surface area is 134 Å². The number of methoxy groups -OCH3 is 2. The molecule has 6 heteroatoms. The van der Waals surface area contributed by atoms with Crippen LogP contribution in [-0.4, -0.2) is 25.2 Å². The molecule has 0 aliphatic rings. The summed E-state index contributed by atoms with van der Waals surface area (Å²) >= 11 is 6.02. The van der Waals surface area contributed by atoms with E-state index in [1.54, 1.807) is 31.6 Å². The topological polar surface area (TPSA) is 61.6 Å². The zero-order valence-corrected chi connectivity index (χ0v) is 13.4. The van der Waals surface area contributed by atoms with Crippen LogP contribution in [0, 0.1) is 0 Å². The van der Waals surface area contributed by atoms with E-state index in [0.29, 0.717) is 35.2 Å². The van der Waals surface area contributed by atoms with Gasteiger partial charge in [0.25, 0.3) is 0 Å². The molecule has 0 unspecified atom stereocenters. The first kappa shape index (κ1) is 16.4. The van der Waals surface area contributed by atoms with E-state index in [4.69, 9.17) is 20.8 Å². The number of hydrogen-bond donors (Lipinski definition) is 0. The summed E-state index contributed by atoms with van der Waals surface area (Å²) in [5, 5.41) is 0.610. The lowest BCUT2D eigenvalue weighted by Gasteiger charge is -2.05. The molecule has 0 saturated carbocycles. The molecule has 0 radical (unpaired) electrons. The fourth-order valence-electron chi connectivity index (χ4n) is 2.08. The number of benzene rings is 1. The van der Waals surface area contributed by atoms with Crippen LogP contribution in [0.2, 0.25) is 5.02 Å². The smallest absolute Gasteiger partial charge is 0.305 e. The monoisotopic (exact) mass is 323 g/mol. The van der Waals surface area contributed by atoms with E-state index >= 15 is 0 Å². The lowest BCUT2D eigenvalue weighted by atomic mass is 10.1. The van der Waals surface area contributed by atoms with Gasteiger partial charge in [-0.25, -0.2) is 4.98 Å². The van der Waals surface area contributed by atoms with Crippen LogP contribution in [0.4, 0.5) is 0 Å². The normalized spacial score (nSPS) is 10.5. The van der Waals surface area contributed by atoms with E-state index in [1.807, 2.05) is 0 Å². The van der Waals surface area contributed by atoms with Crippen LogP contribution in [0.25, 0.3) is 11.3 Å². The number of unbranched alkanes of at least 4 members (excludes halogenated alkanes) is 1. The van der Waals surface area contributed by atoms with Crippen molar-refractivity contribution in [1.29, 1.82) is 0 Å². The first-order chi connectivity index (χ1) is 10.6. The van der Waals surface area contributed by atoms with Gasteiger partial charge in [-0.2, -0.15) is 0 Å². The second-order valence-electron chi connectivity index (χ2n) is 4.75. The molecule has 1 aromatic carbocycles. The molecule has 2 aromatic rings. The fraction of sp³-hybridized carbons (Fsp3) is 0.375. The highest BCUT2D eigenvalue weighted by Gasteiger charge is 2.12. The summed E-state index contributed by atoms with van der Waals surface area (Å²) in [5.74, 6) is 1.12. The molecule has 0 spiro atoms. The summed E-state index contributed by atoms with van der Waals surface area (Å²) in [6, 6.07) is 5.35. The van der Waals surface area contributed by atoms with E-state index < -0.39 is 0 Å². The Kier molecular flexibility index (Phi) is 5.83. The lowest BCUT2D eigenvalue weighted by Crippen LogP contribution is -1.99. The molecule has 1 heterocycles. The Morgan fingerprint density at radius 3 is 2.86 bits per heavy atom. The Bertz CT molecular complexity index is 639. The van der Waals surface area contributed by atoms with Crippen molar-refractivity contribution in [3.05, 3.63) is 35.4 Å². The number of hydrogen-bond acceptors (Lipinski definition) is 5. The van der Waals surface area contributed by atoms with Crippen LogP contribution in [0.1, 0.15) is 25.2 Å². The molecule has 0 atom stereocenters. The van der Waals surface area contributed by atoms with E-state index in [0.717, 1.165) is 18.4 Å². The number of aromatic nitrogens is 1. The van der Waals surface area contributed by atoms with Crippen molar-refractivity contribution in [2.75, 3.05) is 14.2 Å². The minimum atomic E-state index is -0.197. The molecule has 0 N–H and O–H groups in total. The molecule has 0 bridgehead atoms. The van der Waals surface area contributed by atoms with Gasteiger partial charge in [-0.1, -0.05) is 11.6 Å². The van der Waals surface area contributed by atoms with Crippen LogP contribution in [0.3, 0.4) is 0 Å². The Morgan fingerprint density at radius 1 is 1.32 bits per heavy atom. The van der Waals surface area contributed by atoms with Crippen LogP contribution in [0.15, 0.2) is 28.9 Å². The van der Waals surface area contributed by atoms with Gasteiger partial charge in [0.15, 0.2) is 5.89 Å². The third-order valence-corrected chi connectivity index (χ3v) is 3.47. The highest BCUT2D eigenvalue weighted by Crippen LogP contribution is 2.32. The molecule has 0 aliphatic heterocycles. The SMILES string of the molecule is COC(=O)CCCCc1nc(-c2cc(Cl)ccc2OC)co1. The van der Waals surface area contributed by atoms with Crippen molar-refractivity contribution in [2.24, 2.45) is 0 Å². The summed E-state index contributed by atoms with van der Waals surface area (Å²) in [4.78, 5) is 15.5. The molecule has 22 heavy (non-hydrogen) atoms. The number of carbonyl (C=O) groups is 1. The van der Waals surface area contributed by atoms with Crippen LogP contribution in [0.5, 0.6) is 5.75 Å². The Balaban J connectivity index is 1.99. The summed E-state index contributed by atoms with van der Waals surface area (Å²) in [5.41, 5.74) is 1.47. The van der Waals surface area contributed by atoms with E-state index in [1.165, 1.54) is 7.11 Å². The summed E-state index contributed by atoms with van der Waals surface area (Å²) in [6.07, 6.45) is 4.21. The van der Waals surface area contributed by atoms with Gasteiger partial charge in [0.2, 0.25) is 0 Å². The second kappa shape index (κ2) is 7.84. The van der Waals surface area contributed by atoms with Crippen molar-refractivity contribution >= 4 is 17.6 Å². The van der Waals surface area contributed by atoms with E-state index in [9.17, 15) is 4.79 Å². The van der Waals surface area contributed by atoms with Gasteiger partial charge in [-0.3, -0.25) is 4.79 Å². The van der Waals surface area contributed by atoms with Gasteiger partial charge in [-0.05, 0) is 31.0 Å². The predicted octanol–water partition coefficient (Wildman–Crippen LogP) is 3.89. The van der Waals surface area contributed by atoms with Crippen molar-refractivity contribution < 1.29 is 18.7 Å². The summed E-state index contributed by atoms with van der Waals surface area (Å²) < 4.78 is 15.4. The first-order valence-corrected chi connectivity index (χ1v) is 7.37. The highest BCUT2D eigenvalue weighted by molar-refractivity contribution is 6.30. The lowest BCUT2D eigenvalue weighted by molar-refractivity contribution is -0.140. The number of ether oxygens (including phenoxy) is 2. The summed E-state index contributed by atoms with van der Waals surface area (Å²) in [7, 11) is 2.99. The number of carbonyl (C=O) groups excluding carboxylic acids is 1. The molecular weight excluding hydrogens is 306 g/mol. The second-order valence-corrected chi connectivity index (χ2v) is 5.19. The largest absolute Gasteiger partial charge is 0.496 e. The maximum Gasteiger partial charge on any atom is 0.305 e. The van der Waals surface area contributed by atoms with Gasteiger partial charge in [0.1, 0.15) is 17.7 Å². The zero-order chi connectivity index (χ0) is 15.9. The van der Waals surface area contributed by atoms with E-state index in [-0.39, 0.29) is 5.97 Å². The number of aryl methyl sites for hydroxylation is 1. The molecule has 5 nitrogen and oxygen atoms in total. The van der Waals surface area contributed by atoms with E-state index in [2.05, 4.69) is 9.72 Å². The maximum absolute atomic E-state index is 11.0. The van der Waals surface area contributed by atoms with Crippen molar-refractivity contribution in [3.63, 3.8) is 0 Å². The molecule has 0 aliphatic carbocycles. The number of rotatable bonds is 7. The minimum Gasteiger partial charge on any atom is -0.496 e. The first-order valence-electron chi connectivity index (χ1n) is 6.99. The number of oxazole rings is 1. The van der Waals surface area contributed by atoms with Gasteiger partial charge in [0.05, 0.1) is 14.2 Å². The van der Waals surface area contributed by atoms with Gasteiger partial charge < -0.3 is 13.9 Å². The Hall–Kier alpha value is -2.01. The van der Waals surface area contributed by atoms with Crippen molar-refractivity contribution in [2.45, 2.75) is 25.7 Å². The van der Waals surface area contributed by atoms with Gasteiger partial charge in [-0.15, -0.1) is 0 Å². The molecule has 0 saturated heterocycles. The van der Waals surface area contributed by atoms with Gasteiger partial charge in [0, 0.05) is 23.4 Å². The van der Waals surface area contributed by atoms with Crippen LogP contribution >= 0.6 is 11.6 Å². The van der Waals surface area contributed by atoms with Crippen LogP contribution < -0.4 is 4.74 Å². The average Bonchev–Trinajstić information content (AvgIpc) is 3.00. The van der Waals surface area contributed by atoms with Crippen molar-refractivity contribution in [1.82, 2.24) is 4.98 Å². The molecule has 0 fully saturated rings. The van der Waals surface area contributed by atoms with Crippen molar-refractivity contribution in [3.8, 4) is 17.0 Å². The number of esters is 1. The minimum absolute atomic E-state index is 0.197. The third kappa shape index (κ3) is 4.24. The zero-order valence-electron chi connectivity index (χ0n) is 12.6. The third-order valence-electron chi connectivity index (χ3n) is 3.24. The predicted molar refractivity (Wildman–Crippen MR) is 83.1 cm³/mol. The quantitative estimate of drug-likeness (QED) is 0.571. The standard InChI is InChI=1S/C16H18ClNO4/c1-20-14-8-7-11(17)9-12(14)13-10-22-15(18-13)5-3-4-6-16(19)21-2/h7-10H,3-6H2,1-2H3. The molecule has 118 valence electrons. The molecule has 2 rings (SSSR count). The average molecular weight is 324 g/mol. The summed E-state index contributed by atoms with van der Waals surface area (Å²) in [6.45, 7) is 0. The Morgan fingerprint density at radius 2 is 2.14 bits per heavy atom. The fourth-order valence-corrected chi connectivity index (χ4v) is 2.25. The molecule has 0 amide bonds. The van der Waals surface area contributed by atoms with Crippen LogP contribution in [-0.2, 0) is 16.0 Å². The maximum atomic E-state index is 11.0. The van der Waals surface area contributed by atoms with Gasteiger partial charge >= 0.3 is 5.97 Å². The molecule has 1 aromatic heterocycles. The number of halogens is 1. The molecular formula is C16H18ClNO4. The highest BCUT2D eigenvalue weighted by atomic mass is 35.5. The number of nitrogens with zero attached hydrogens (tertiary/aromatic N) is 1.